The molecule has 1 saturated heterocycles. The SMILES string of the molecule is COc1cccc(CS(=O)(=O)N2CCCNCC2)c1.Cl. The first-order valence-corrected chi connectivity index (χ1v) is 8.04. The largest absolute Gasteiger partial charge is 0.497 e. The predicted molar refractivity (Wildman–Crippen MR) is 81.9 cm³/mol. The Morgan fingerprint density at radius 1 is 1.30 bits per heavy atom. The molecule has 0 bridgehead atoms. The van der Waals surface area contributed by atoms with Gasteiger partial charge in [-0.15, -0.1) is 12.4 Å². The van der Waals surface area contributed by atoms with Gasteiger partial charge in [-0.3, -0.25) is 0 Å². The number of hydrogen-bond donors (Lipinski definition) is 1. The number of hydrogen-bond acceptors (Lipinski definition) is 4. The van der Waals surface area contributed by atoms with Crippen molar-refractivity contribution in [1.29, 1.82) is 0 Å². The molecular formula is C13H21ClN2O3S. The molecule has 1 heterocycles. The van der Waals surface area contributed by atoms with Gasteiger partial charge in [-0.2, -0.15) is 0 Å². The lowest BCUT2D eigenvalue weighted by molar-refractivity contribution is 0.414. The Hall–Kier alpha value is -0.820. The van der Waals surface area contributed by atoms with Gasteiger partial charge in [-0.25, -0.2) is 12.7 Å². The molecule has 2 rings (SSSR count). The molecule has 1 aromatic rings. The van der Waals surface area contributed by atoms with Gasteiger partial charge in [0.25, 0.3) is 0 Å². The van der Waals surface area contributed by atoms with Gasteiger partial charge in [-0.1, -0.05) is 12.1 Å². The quantitative estimate of drug-likeness (QED) is 0.907. The van der Waals surface area contributed by atoms with Crippen molar-refractivity contribution in [3.8, 4) is 5.75 Å². The Morgan fingerprint density at radius 3 is 2.85 bits per heavy atom. The van der Waals surface area contributed by atoms with Crippen LogP contribution in [0.3, 0.4) is 0 Å². The summed E-state index contributed by atoms with van der Waals surface area (Å²) >= 11 is 0. The minimum absolute atomic E-state index is 0. The van der Waals surface area contributed by atoms with Gasteiger partial charge in [0.1, 0.15) is 5.75 Å². The van der Waals surface area contributed by atoms with Crippen LogP contribution in [-0.4, -0.2) is 46.0 Å². The zero-order valence-corrected chi connectivity index (χ0v) is 13.2. The van der Waals surface area contributed by atoms with E-state index in [4.69, 9.17) is 4.74 Å². The number of methoxy groups -OCH3 is 1. The summed E-state index contributed by atoms with van der Waals surface area (Å²) in [5, 5.41) is 3.21. The Balaban J connectivity index is 0.00000200. The minimum atomic E-state index is -3.25. The number of sulfonamides is 1. The molecule has 0 atom stereocenters. The second-order valence-corrected chi connectivity index (χ2v) is 6.58. The molecule has 0 aliphatic carbocycles. The van der Waals surface area contributed by atoms with E-state index in [1.165, 1.54) is 0 Å². The monoisotopic (exact) mass is 320 g/mol. The fraction of sp³-hybridized carbons (Fsp3) is 0.538. The highest BCUT2D eigenvalue weighted by Crippen LogP contribution is 2.17. The van der Waals surface area contributed by atoms with Gasteiger partial charge in [0, 0.05) is 19.6 Å². The average Bonchev–Trinajstić information content (AvgIpc) is 2.68. The average molecular weight is 321 g/mol. The third-order valence-corrected chi connectivity index (χ3v) is 5.03. The van der Waals surface area contributed by atoms with E-state index in [2.05, 4.69) is 5.32 Å². The molecule has 5 nitrogen and oxygen atoms in total. The molecule has 0 saturated carbocycles. The van der Waals surface area contributed by atoms with Crippen LogP contribution in [0.15, 0.2) is 24.3 Å². The molecule has 1 fully saturated rings. The van der Waals surface area contributed by atoms with Crippen molar-refractivity contribution in [2.75, 3.05) is 33.3 Å². The van der Waals surface area contributed by atoms with E-state index in [-0.39, 0.29) is 18.2 Å². The Bertz CT molecular complexity index is 514. The van der Waals surface area contributed by atoms with Crippen LogP contribution in [0.5, 0.6) is 5.75 Å². The molecule has 7 heteroatoms. The summed E-state index contributed by atoms with van der Waals surface area (Å²) in [7, 11) is -1.67. The summed E-state index contributed by atoms with van der Waals surface area (Å²) < 4.78 is 31.4. The number of rotatable bonds is 4. The van der Waals surface area contributed by atoms with Crippen molar-refractivity contribution in [2.45, 2.75) is 12.2 Å². The Labute approximate surface area is 126 Å². The van der Waals surface area contributed by atoms with E-state index in [1.54, 1.807) is 17.5 Å². The molecule has 1 aromatic carbocycles. The highest BCUT2D eigenvalue weighted by molar-refractivity contribution is 7.88. The van der Waals surface area contributed by atoms with E-state index >= 15 is 0 Å². The summed E-state index contributed by atoms with van der Waals surface area (Å²) in [6.07, 6.45) is 0.858. The summed E-state index contributed by atoms with van der Waals surface area (Å²) in [5.74, 6) is 0.717. The van der Waals surface area contributed by atoms with E-state index < -0.39 is 10.0 Å². The molecule has 0 aromatic heterocycles. The third-order valence-electron chi connectivity index (χ3n) is 3.18. The van der Waals surface area contributed by atoms with Crippen molar-refractivity contribution in [2.24, 2.45) is 0 Å². The van der Waals surface area contributed by atoms with Crippen LogP contribution in [0.2, 0.25) is 0 Å². The molecule has 0 unspecified atom stereocenters. The number of nitrogens with zero attached hydrogens (tertiary/aromatic N) is 1. The standard InChI is InChI=1S/C13H20N2O3S.ClH/c1-18-13-5-2-4-12(10-13)11-19(16,17)15-8-3-6-14-7-9-15;/h2,4-5,10,14H,3,6-9,11H2,1H3;1H. The second-order valence-electron chi connectivity index (χ2n) is 4.61. The minimum Gasteiger partial charge on any atom is -0.497 e. The normalized spacial score (nSPS) is 17.1. The Kier molecular flexibility index (Phi) is 6.75. The van der Waals surface area contributed by atoms with Gasteiger partial charge in [-0.05, 0) is 30.7 Å². The fourth-order valence-electron chi connectivity index (χ4n) is 2.16. The molecule has 0 spiro atoms. The zero-order chi connectivity index (χ0) is 13.7. The maximum Gasteiger partial charge on any atom is 0.218 e. The van der Waals surface area contributed by atoms with Crippen LogP contribution in [0.25, 0.3) is 0 Å². The van der Waals surface area contributed by atoms with E-state index in [1.807, 2.05) is 18.2 Å². The molecule has 20 heavy (non-hydrogen) atoms. The molecule has 1 aliphatic rings. The van der Waals surface area contributed by atoms with Crippen LogP contribution < -0.4 is 10.1 Å². The van der Waals surface area contributed by atoms with Crippen molar-refractivity contribution in [3.05, 3.63) is 29.8 Å². The van der Waals surface area contributed by atoms with E-state index in [0.717, 1.165) is 25.1 Å². The second kappa shape index (κ2) is 7.83. The molecular weight excluding hydrogens is 300 g/mol. The van der Waals surface area contributed by atoms with Crippen molar-refractivity contribution >= 4 is 22.4 Å². The number of halogens is 1. The highest BCUT2D eigenvalue weighted by atomic mass is 35.5. The van der Waals surface area contributed by atoms with E-state index in [9.17, 15) is 8.42 Å². The molecule has 0 radical (unpaired) electrons. The van der Waals surface area contributed by atoms with Gasteiger partial charge >= 0.3 is 0 Å². The Morgan fingerprint density at radius 2 is 2.10 bits per heavy atom. The third kappa shape index (κ3) is 4.63. The van der Waals surface area contributed by atoms with Crippen LogP contribution in [0.1, 0.15) is 12.0 Å². The van der Waals surface area contributed by atoms with Gasteiger partial charge in [0.05, 0.1) is 12.9 Å². The number of benzene rings is 1. The highest BCUT2D eigenvalue weighted by Gasteiger charge is 2.23. The molecule has 0 amide bonds. The smallest absolute Gasteiger partial charge is 0.218 e. The van der Waals surface area contributed by atoms with Crippen LogP contribution >= 0.6 is 12.4 Å². The summed E-state index contributed by atoms with van der Waals surface area (Å²) in [4.78, 5) is 0. The lowest BCUT2D eigenvalue weighted by Crippen LogP contribution is -2.35. The lowest BCUT2D eigenvalue weighted by atomic mass is 10.2. The lowest BCUT2D eigenvalue weighted by Gasteiger charge is -2.19. The summed E-state index contributed by atoms with van der Waals surface area (Å²) in [5.41, 5.74) is 0.761. The molecule has 114 valence electrons. The van der Waals surface area contributed by atoms with Gasteiger partial charge < -0.3 is 10.1 Å². The molecule has 1 N–H and O–H groups in total. The molecule has 1 aliphatic heterocycles. The number of nitrogens with one attached hydrogen (secondary N) is 1. The zero-order valence-electron chi connectivity index (χ0n) is 11.5. The summed E-state index contributed by atoms with van der Waals surface area (Å²) in [6.45, 7) is 2.74. The first-order valence-electron chi connectivity index (χ1n) is 6.43. The maximum absolute atomic E-state index is 12.4. The van der Waals surface area contributed by atoms with Crippen molar-refractivity contribution in [3.63, 3.8) is 0 Å². The first-order chi connectivity index (χ1) is 9.12. The van der Waals surface area contributed by atoms with E-state index in [0.29, 0.717) is 18.8 Å². The number of ether oxygens (including phenoxy) is 1. The van der Waals surface area contributed by atoms with Gasteiger partial charge in [0.15, 0.2) is 0 Å². The topological polar surface area (TPSA) is 58.6 Å². The van der Waals surface area contributed by atoms with Crippen molar-refractivity contribution in [1.82, 2.24) is 9.62 Å². The van der Waals surface area contributed by atoms with Crippen LogP contribution in [0, 0.1) is 0 Å². The summed E-state index contributed by atoms with van der Waals surface area (Å²) in [6, 6.07) is 7.21. The van der Waals surface area contributed by atoms with Gasteiger partial charge in [0.2, 0.25) is 10.0 Å². The van der Waals surface area contributed by atoms with Crippen LogP contribution in [0.4, 0.5) is 0 Å². The first kappa shape index (κ1) is 17.2. The van der Waals surface area contributed by atoms with Crippen LogP contribution in [-0.2, 0) is 15.8 Å². The van der Waals surface area contributed by atoms with Crippen molar-refractivity contribution < 1.29 is 13.2 Å². The predicted octanol–water partition coefficient (Wildman–Crippen LogP) is 1.24. The fourth-order valence-corrected chi connectivity index (χ4v) is 3.72. The maximum atomic E-state index is 12.4.